The van der Waals surface area contributed by atoms with Crippen LogP contribution >= 0.6 is 0 Å². The molecule has 0 amide bonds. The Morgan fingerprint density at radius 3 is 3.16 bits per heavy atom. The Morgan fingerprint density at radius 2 is 2.42 bits per heavy atom. The molecule has 1 saturated heterocycles. The summed E-state index contributed by atoms with van der Waals surface area (Å²) in [6.07, 6.45) is 3.98. The third-order valence-corrected chi connectivity index (χ3v) is 3.58. The van der Waals surface area contributed by atoms with Crippen LogP contribution in [0.25, 0.3) is 0 Å². The average molecular weight is 258 g/mol. The first-order chi connectivity index (χ1) is 9.24. The fourth-order valence-electron chi connectivity index (χ4n) is 2.62. The molecule has 3 heterocycles. The zero-order valence-electron chi connectivity index (χ0n) is 11.0. The summed E-state index contributed by atoms with van der Waals surface area (Å²) in [5.41, 5.74) is 6.98. The highest BCUT2D eigenvalue weighted by Crippen LogP contribution is 2.31. The number of aromatic nitrogens is 4. The molecule has 0 saturated carbocycles. The van der Waals surface area contributed by atoms with Gasteiger partial charge in [0.2, 0.25) is 0 Å². The molecule has 1 atom stereocenters. The number of hydrogen-bond donors (Lipinski definition) is 2. The van der Waals surface area contributed by atoms with Crippen molar-refractivity contribution >= 4 is 5.82 Å². The summed E-state index contributed by atoms with van der Waals surface area (Å²) in [4.78, 5) is 11.0. The number of H-pyrrole nitrogens is 1. The van der Waals surface area contributed by atoms with Gasteiger partial charge in [0, 0.05) is 18.3 Å². The fourth-order valence-corrected chi connectivity index (χ4v) is 2.62. The second-order valence-corrected chi connectivity index (χ2v) is 4.96. The highest BCUT2D eigenvalue weighted by atomic mass is 15.3. The first-order valence-corrected chi connectivity index (χ1v) is 6.56. The normalized spacial score (nSPS) is 19.9. The van der Waals surface area contributed by atoms with Crippen LogP contribution in [0.15, 0.2) is 18.3 Å². The maximum Gasteiger partial charge on any atom is 0.167 e. The number of rotatable bonds is 3. The molecule has 0 spiro atoms. The Morgan fingerprint density at radius 1 is 1.53 bits per heavy atom. The van der Waals surface area contributed by atoms with Crippen LogP contribution in [0.2, 0.25) is 0 Å². The number of likely N-dealkylation sites (tertiary alicyclic amines) is 1. The third kappa shape index (κ3) is 2.44. The van der Waals surface area contributed by atoms with E-state index in [0.29, 0.717) is 5.82 Å². The Kier molecular flexibility index (Phi) is 3.16. The van der Waals surface area contributed by atoms with Crippen LogP contribution in [0.1, 0.15) is 36.1 Å². The van der Waals surface area contributed by atoms with Crippen molar-refractivity contribution < 1.29 is 0 Å². The molecule has 2 aromatic rings. The molecule has 2 aromatic heterocycles. The largest absolute Gasteiger partial charge is 0.383 e. The van der Waals surface area contributed by atoms with Crippen LogP contribution in [-0.2, 0) is 6.54 Å². The number of nitrogens with two attached hydrogens (primary N) is 1. The lowest BCUT2D eigenvalue weighted by atomic mass is 10.2. The number of nitrogen functional groups attached to an aromatic ring is 1. The number of pyridine rings is 1. The summed E-state index contributed by atoms with van der Waals surface area (Å²) in [6.45, 7) is 3.78. The topological polar surface area (TPSA) is 83.7 Å². The lowest BCUT2D eigenvalue weighted by Crippen LogP contribution is -2.24. The highest BCUT2D eigenvalue weighted by Gasteiger charge is 2.29. The van der Waals surface area contributed by atoms with Crippen molar-refractivity contribution in [3.05, 3.63) is 35.5 Å². The molecule has 0 aliphatic carbocycles. The van der Waals surface area contributed by atoms with E-state index in [9.17, 15) is 0 Å². The number of nitrogens with zero attached hydrogens (tertiary/aromatic N) is 4. The molecule has 0 aromatic carbocycles. The van der Waals surface area contributed by atoms with Crippen LogP contribution in [0.3, 0.4) is 0 Å². The minimum absolute atomic E-state index is 0.282. The van der Waals surface area contributed by atoms with Gasteiger partial charge in [0.1, 0.15) is 11.6 Å². The van der Waals surface area contributed by atoms with Gasteiger partial charge in [-0.15, -0.1) is 0 Å². The zero-order valence-corrected chi connectivity index (χ0v) is 11.0. The lowest BCUT2D eigenvalue weighted by molar-refractivity contribution is 0.240. The minimum atomic E-state index is 0.282. The van der Waals surface area contributed by atoms with E-state index in [1.54, 1.807) is 6.20 Å². The van der Waals surface area contributed by atoms with Crippen molar-refractivity contribution in [2.45, 2.75) is 32.4 Å². The summed E-state index contributed by atoms with van der Waals surface area (Å²) in [5, 5.41) is 7.20. The summed E-state index contributed by atoms with van der Waals surface area (Å²) in [5.74, 6) is 2.36. The Balaban J connectivity index is 1.79. The van der Waals surface area contributed by atoms with Crippen molar-refractivity contribution in [1.82, 2.24) is 25.1 Å². The standard InChI is InChI=1S/C13H18N6/c1-9-16-13(18-17-9)11-5-3-7-19(11)8-10-4-2-6-15-12(10)14/h2,4,6,11H,3,5,7-8H2,1H3,(H2,14,15)(H,16,17,18)/t11-/m1/s1. The van der Waals surface area contributed by atoms with Gasteiger partial charge < -0.3 is 5.73 Å². The maximum atomic E-state index is 5.91. The summed E-state index contributed by atoms with van der Waals surface area (Å²) in [6, 6.07) is 4.24. The molecule has 0 bridgehead atoms. The molecule has 1 aliphatic heterocycles. The van der Waals surface area contributed by atoms with Gasteiger partial charge in [-0.1, -0.05) is 6.07 Å². The van der Waals surface area contributed by atoms with Gasteiger partial charge in [0.05, 0.1) is 6.04 Å². The molecule has 100 valence electrons. The summed E-state index contributed by atoms with van der Waals surface area (Å²) in [7, 11) is 0. The molecular weight excluding hydrogens is 240 g/mol. The van der Waals surface area contributed by atoms with Crippen molar-refractivity contribution in [1.29, 1.82) is 0 Å². The second kappa shape index (κ2) is 4.97. The van der Waals surface area contributed by atoms with Gasteiger partial charge >= 0.3 is 0 Å². The van der Waals surface area contributed by atoms with E-state index in [-0.39, 0.29) is 6.04 Å². The van der Waals surface area contributed by atoms with E-state index in [1.807, 2.05) is 19.1 Å². The SMILES string of the molecule is Cc1nc([C@H]2CCCN2Cc2cccnc2N)n[nH]1. The number of hydrogen-bond acceptors (Lipinski definition) is 5. The Bertz CT molecular complexity index is 564. The Hall–Kier alpha value is -1.95. The predicted molar refractivity (Wildman–Crippen MR) is 72.2 cm³/mol. The van der Waals surface area contributed by atoms with E-state index >= 15 is 0 Å². The molecule has 6 nitrogen and oxygen atoms in total. The van der Waals surface area contributed by atoms with E-state index < -0.39 is 0 Å². The smallest absolute Gasteiger partial charge is 0.167 e. The fraction of sp³-hybridized carbons (Fsp3) is 0.462. The summed E-state index contributed by atoms with van der Waals surface area (Å²) < 4.78 is 0. The van der Waals surface area contributed by atoms with E-state index in [1.165, 1.54) is 6.42 Å². The van der Waals surface area contributed by atoms with Crippen LogP contribution in [0.4, 0.5) is 5.82 Å². The van der Waals surface area contributed by atoms with Crippen molar-refractivity contribution in [2.75, 3.05) is 12.3 Å². The van der Waals surface area contributed by atoms with E-state index in [4.69, 9.17) is 5.73 Å². The van der Waals surface area contributed by atoms with Gasteiger partial charge in [-0.25, -0.2) is 9.97 Å². The molecule has 0 radical (unpaired) electrons. The number of aromatic amines is 1. The number of nitrogens with one attached hydrogen (secondary N) is 1. The van der Waals surface area contributed by atoms with Gasteiger partial charge in [-0.2, -0.15) is 5.10 Å². The molecule has 1 fully saturated rings. The van der Waals surface area contributed by atoms with Crippen LogP contribution in [0, 0.1) is 6.92 Å². The molecule has 3 rings (SSSR count). The van der Waals surface area contributed by atoms with E-state index in [0.717, 1.165) is 36.7 Å². The first-order valence-electron chi connectivity index (χ1n) is 6.56. The molecule has 6 heteroatoms. The zero-order chi connectivity index (χ0) is 13.2. The van der Waals surface area contributed by atoms with Gasteiger partial charge in [0.15, 0.2) is 5.82 Å². The van der Waals surface area contributed by atoms with Crippen LogP contribution < -0.4 is 5.73 Å². The highest BCUT2D eigenvalue weighted by molar-refractivity contribution is 5.38. The predicted octanol–water partition coefficient (Wildman–Crippen LogP) is 1.43. The minimum Gasteiger partial charge on any atom is -0.383 e. The Labute approximate surface area is 112 Å². The molecule has 1 aliphatic rings. The van der Waals surface area contributed by atoms with Crippen molar-refractivity contribution in [3.63, 3.8) is 0 Å². The van der Waals surface area contributed by atoms with Gasteiger partial charge in [-0.05, 0) is 32.4 Å². The third-order valence-electron chi connectivity index (χ3n) is 3.58. The second-order valence-electron chi connectivity index (χ2n) is 4.96. The summed E-state index contributed by atoms with van der Waals surface area (Å²) >= 11 is 0. The molecule has 19 heavy (non-hydrogen) atoms. The first kappa shape index (κ1) is 12.1. The quantitative estimate of drug-likeness (QED) is 0.870. The number of aryl methyl sites for hydroxylation is 1. The maximum absolute atomic E-state index is 5.91. The van der Waals surface area contributed by atoms with Crippen LogP contribution in [-0.4, -0.2) is 31.6 Å². The van der Waals surface area contributed by atoms with Crippen molar-refractivity contribution in [3.8, 4) is 0 Å². The van der Waals surface area contributed by atoms with E-state index in [2.05, 4.69) is 25.1 Å². The lowest BCUT2D eigenvalue weighted by Gasteiger charge is -2.22. The monoisotopic (exact) mass is 258 g/mol. The average Bonchev–Trinajstić information content (AvgIpc) is 3.01. The van der Waals surface area contributed by atoms with Gasteiger partial charge in [-0.3, -0.25) is 10.00 Å². The molecule has 3 N–H and O–H groups in total. The van der Waals surface area contributed by atoms with Crippen molar-refractivity contribution in [2.24, 2.45) is 0 Å². The number of anilines is 1. The van der Waals surface area contributed by atoms with Crippen LogP contribution in [0.5, 0.6) is 0 Å². The molecule has 0 unspecified atom stereocenters. The molecular formula is C13H18N6. The van der Waals surface area contributed by atoms with Gasteiger partial charge in [0.25, 0.3) is 0 Å².